The van der Waals surface area contributed by atoms with E-state index in [9.17, 15) is 0 Å². The lowest BCUT2D eigenvalue weighted by Crippen LogP contribution is -2.11. The highest BCUT2D eigenvalue weighted by Crippen LogP contribution is 2.34. The van der Waals surface area contributed by atoms with E-state index in [1.807, 2.05) is 0 Å². The standard InChI is InChI=1S/C12H12Br2/c1-8-11-4-2-9(7-13)6-10(11)3-5-12(8)14/h2-6,8,12H,7H2,1H3. The summed E-state index contributed by atoms with van der Waals surface area (Å²) in [6.07, 6.45) is 4.44. The van der Waals surface area contributed by atoms with Gasteiger partial charge in [0.15, 0.2) is 0 Å². The molecule has 2 unspecified atom stereocenters. The van der Waals surface area contributed by atoms with Crippen LogP contribution in [0.15, 0.2) is 24.3 Å². The monoisotopic (exact) mass is 314 g/mol. The van der Waals surface area contributed by atoms with Crippen LogP contribution in [0.5, 0.6) is 0 Å². The van der Waals surface area contributed by atoms with Gasteiger partial charge in [0.05, 0.1) is 0 Å². The summed E-state index contributed by atoms with van der Waals surface area (Å²) in [5.41, 5.74) is 4.15. The lowest BCUT2D eigenvalue weighted by Gasteiger charge is -2.22. The maximum Gasteiger partial charge on any atom is 0.0394 e. The minimum atomic E-state index is 0.477. The van der Waals surface area contributed by atoms with Gasteiger partial charge in [-0.25, -0.2) is 0 Å². The fraction of sp³-hybridized carbons (Fsp3) is 0.333. The SMILES string of the molecule is CC1c2ccc(CBr)cc2C=CC1Br. The fourth-order valence-corrected chi connectivity index (χ4v) is 2.59. The van der Waals surface area contributed by atoms with E-state index < -0.39 is 0 Å². The Morgan fingerprint density at radius 3 is 2.86 bits per heavy atom. The Kier molecular flexibility index (Phi) is 3.13. The van der Waals surface area contributed by atoms with Crippen LogP contribution < -0.4 is 0 Å². The van der Waals surface area contributed by atoms with Crippen molar-refractivity contribution in [1.82, 2.24) is 0 Å². The van der Waals surface area contributed by atoms with Crippen LogP contribution in [0.4, 0.5) is 0 Å². The van der Waals surface area contributed by atoms with Crippen molar-refractivity contribution in [1.29, 1.82) is 0 Å². The predicted molar refractivity (Wildman–Crippen MR) is 69.2 cm³/mol. The van der Waals surface area contributed by atoms with E-state index in [1.54, 1.807) is 0 Å². The highest BCUT2D eigenvalue weighted by Gasteiger charge is 2.19. The third kappa shape index (κ3) is 1.82. The second kappa shape index (κ2) is 4.19. The van der Waals surface area contributed by atoms with Gasteiger partial charge in [0, 0.05) is 10.2 Å². The van der Waals surface area contributed by atoms with E-state index in [0.29, 0.717) is 10.7 Å². The quantitative estimate of drug-likeness (QED) is 0.670. The van der Waals surface area contributed by atoms with Crippen LogP contribution in [0.3, 0.4) is 0 Å². The molecule has 0 aromatic heterocycles. The van der Waals surface area contributed by atoms with Crippen molar-refractivity contribution < 1.29 is 0 Å². The van der Waals surface area contributed by atoms with E-state index in [2.05, 4.69) is 69.1 Å². The summed E-state index contributed by atoms with van der Waals surface area (Å²) in [5, 5.41) is 0.931. The van der Waals surface area contributed by atoms with Gasteiger partial charge in [0.1, 0.15) is 0 Å². The number of rotatable bonds is 1. The van der Waals surface area contributed by atoms with Crippen molar-refractivity contribution in [2.75, 3.05) is 0 Å². The first-order chi connectivity index (χ1) is 6.72. The molecule has 2 rings (SSSR count). The molecular weight excluding hydrogens is 304 g/mol. The molecular formula is C12H12Br2. The first kappa shape index (κ1) is 10.4. The Balaban J connectivity index is 2.46. The second-order valence-electron chi connectivity index (χ2n) is 3.69. The van der Waals surface area contributed by atoms with E-state index >= 15 is 0 Å². The first-order valence-electron chi connectivity index (χ1n) is 4.73. The summed E-state index contributed by atoms with van der Waals surface area (Å²) in [5.74, 6) is 0.569. The van der Waals surface area contributed by atoms with Crippen LogP contribution >= 0.6 is 31.9 Å². The van der Waals surface area contributed by atoms with Crippen molar-refractivity contribution in [3.63, 3.8) is 0 Å². The van der Waals surface area contributed by atoms with Crippen LogP contribution in [-0.2, 0) is 5.33 Å². The van der Waals surface area contributed by atoms with Crippen LogP contribution in [0, 0.1) is 0 Å². The number of halogens is 2. The van der Waals surface area contributed by atoms with Gasteiger partial charge in [-0.05, 0) is 22.6 Å². The number of hydrogen-bond donors (Lipinski definition) is 0. The lowest BCUT2D eigenvalue weighted by atomic mass is 9.87. The maximum absolute atomic E-state index is 3.66. The normalized spacial score (nSPS) is 24.8. The minimum Gasteiger partial charge on any atom is -0.0876 e. The average Bonchev–Trinajstić information content (AvgIpc) is 2.23. The molecule has 1 aromatic rings. The summed E-state index contributed by atoms with van der Waals surface area (Å²) in [6.45, 7) is 2.26. The molecule has 0 aliphatic heterocycles. The molecule has 0 nitrogen and oxygen atoms in total. The zero-order chi connectivity index (χ0) is 10.1. The molecule has 2 atom stereocenters. The molecule has 0 spiro atoms. The van der Waals surface area contributed by atoms with Gasteiger partial charge < -0.3 is 0 Å². The van der Waals surface area contributed by atoms with Gasteiger partial charge in [-0.2, -0.15) is 0 Å². The molecule has 2 heteroatoms. The summed E-state index contributed by atoms with van der Waals surface area (Å²) < 4.78 is 0. The van der Waals surface area contributed by atoms with Gasteiger partial charge in [0.2, 0.25) is 0 Å². The predicted octanol–water partition coefficient (Wildman–Crippen LogP) is 4.48. The van der Waals surface area contributed by atoms with Gasteiger partial charge in [0.25, 0.3) is 0 Å². The van der Waals surface area contributed by atoms with Gasteiger partial charge in [-0.3, -0.25) is 0 Å². The van der Waals surface area contributed by atoms with Gasteiger partial charge in [-0.15, -0.1) is 0 Å². The van der Waals surface area contributed by atoms with Crippen molar-refractivity contribution in [3.8, 4) is 0 Å². The molecule has 0 N–H and O–H groups in total. The van der Waals surface area contributed by atoms with Gasteiger partial charge in [-0.1, -0.05) is 69.1 Å². The van der Waals surface area contributed by atoms with E-state index in [1.165, 1.54) is 16.7 Å². The molecule has 0 saturated carbocycles. The van der Waals surface area contributed by atoms with Crippen LogP contribution in [0.1, 0.15) is 29.5 Å². The Morgan fingerprint density at radius 1 is 1.36 bits per heavy atom. The number of fused-ring (bicyclic) bond motifs is 1. The second-order valence-corrected chi connectivity index (χ2v) is 5.31. The number of benzene rings is 1. The van der Waals surface area contributed by atoms with E-state index in [-0.39, 0.29) is 0 Å². The molecule has 0 amide bonds. The van der Waals surface area contributed by atoms with E-state index in [4.69, 9.17) is 0 Å². The van der Waals surface area contributed by atoms with Crippen LogP contribution in [-0.4, -0.2) is 4.83 Å². The van der Waals surface area contributed by atoms with Crippen molar-refractivity contribution >= 4 is 37.9 Å². The highest BCUT2D eigenvalue weighted by atomic mass is 79.9. The number of alkyl halides is 2. The summed E-state index contributed by atoms with van der Waals surface area (Å²) in [6, 6.07) is 6.70. The molecule has 0 fully saturated rings. The Bertz CT molecular complexity index is 369. The molecule has 74 valence electrons. The largest absolute Gasteiger partial charge is 0.0876 e. The zero-order valence-electron chi connectivity index (χ0n) is 8.00. The molecule has 0 bridgehead atoms. The maximum atomic E-state index is 3.66. The Hall–Kier alpha value is -0.0800. The van der Waals surface area contributed by atoms with Crippen molar-refractivity contribution in [3.05, 3.63) is 41.0 Å². The highest BCUT2D eigenvalue weighted by molar-refractivity contribution is 9.09. The van der Waals surface area contributed by atoms with E-state index in [0.717, 1.165) is 5.33 Å². The van der Waals surface area contributed by atoms with Crippen molar-refractivity contribution in [2.24, 2.45) is 0 Å². The van der Waals surface area contributed by atoms with Gasteiger partial charge >= 0.3 is 0 Å². The molecule has 0 heterocycles. The Morgan fingerprint density at radius 2 is 2.14 bits per heavy atom. The fourth-order valence-electron chi connectivity index (χ4n) is 1.80. The summed E-state index contributed by atoms with van der Waals surface area (Å²) in [7, 11) is 0. The van der Waals surface area contributed by atoms with Crippen LogP contribution in [0.2, 0.25) is 0 Å². The summed E-state index contributed by atoms with van der Waals surface area (Å²) >= 11 is 7.14. The summed E-state index contributed by atoms with van der Waals surface area (Å²) in [4.78, 5) is 0.477. The molecule has 1 aromatic carbocycles. The average molecular weight is 316 g/mol. The Labute approximate surface area is 102 Å². The molecule has 0 radical (unpaired) electrons. The smallest absolute Gasteiger partial charge is 0.0394 e. The third-order valence-corrected chi connectivity index (χ3v) is 4.48. The van der Waals surface area contributed by atoms with Crippen molar-refractivity contribution in [2.45, 2.75) is 23.0 Å². The zero-order valence-corrected chi connectivity index (χ0v) is 11.2. The molecule has 1 aliphatic carbocycles. The molecule has 0 saturated heterocycles. The minimum absolute atomic E-state index is 0.477. The first-order valence-corrected chi connectivity index (χ1v) is 6.77. The lowest BCUT2D eigenvalue weighted by molar-refractivity contribution is 0.795. The number of hydrogen-bond acceptors (Lipinski definition) is 0. The third-order valence-electron chi connectivity index (χ3n) is 2.73. The molecule has 14 heavy (non-hydrogen) atoms. The topological polar surface area (TPSA) is 0 Å². The number of allylic oxidation sites excluding steroid dienone is 1. The molecule has 1 aliphatic rings. The van der Waals surface area contributed by atoms with Crippen LogP contribution in [0.25, 0.3) is 6.08 Å².